The molecule has 1 aromatic carbocycles. The molecule has 6 nitrogen and oxygen atoms in total. The number of carbonyl (C=O) groups is 2. The largest absolute Gasteiger partial charge is 0.323 e. The van der Waals surface area contributed by atoms with Crippen LogP contribution in [-0.2, 0) is 4.79 Å². The third kappa shape index (κ3) is 3.11. The summed E-state index contributed by atoms with van der Waals surface area (Å²) in [6, 6.07) is 6.35. The smallest absolute Gasteiger partial charge is 0.249 e. The molecule has 0 saturated heterocycles. The van der Waals surface area contributed by atoms with Crippen LogP contribution in [0.4, 0.5) is 5.69 Å². The number of para-hydroxylation sites is 1. The van der Waals surface area contributed by atoms with Gasteiger partial charge in [0.2, 0.25) is 5.91 Å². The highest BCUT2D eigenvalue weighted by Gasteiger charge is 2.22. The number of benzene rings is 1. The lowest BCUT2D eigenvalue weighted by atomic mass is 10.2. The molecule has 1 atom stereocenters. The number of rotatable bonds is 4. The van der Waals surface area contributed by atoms with Gasteiger partial charge in [-0.1, -0.05) is 28.9 Å². The van der Waals surface area contributed by atoms with E-state index in [2.05, 4.69) is 15.6 Å². The maximum absolute atomic E-state index is 12.3. The van der Waals surface area contributed by atoms with E-state index in [1.165, 1.54) is 11.6 Å². The fraction of sp³-hybridized carbons (Fsp3) is 0.286. The molecule has 1 amide bonds. The van der Waals surface area contributed by atoms with Gasteiger partial charge in [0, 0.05) is 6.92 Å². The molecule has 1 aromatic heterocycles. The van der Waals surface area contributed by atoms with Gasteiger partial charge in [-0.05, 0) is 26.0 Å². The number of amides is 1. The summed E-state index contributed by atoms with van der Waals surface area (Å²) >= 11 is 6.00. The van der Waals surface area contributed by atoms with Crippen molar-refractivity contribution in [2.45, 2.75) is 26.8 Å². The van der Waals surface area contributed by atoms with Gasteiger partial charge < -0.3 is 5.32 Å². The highest BCUT2D eigenvalue weighted by Crippen LogP contribution is 2.22. The van der Waals surface area contributed by atoms with E-state index in [0.29, 0.717) is 16.4 Å². The fourth-order valence-electron chi connectivity index (χ4n) is 1.94. The molecular weight excluding hydrogens is 292 g/mol. The molecule has 0 fully saturated rings. The second kappa shape index (κ2) is 6.05. The maximum atomic E-state index is 12.3. The van der Waals surface area contributed by atoms with E-state index in [1.54, 1.807) is 38.1 Å². The van der Waals surface area contributed by atoms with Gasteiger partial charge in [0.15, 0.2) is 11.5 Å². The molecule has 1 heterocycles. The van der Waals surface area contributed by atoms with Crippen LogP contribution in [0.25, 0.3) is 0 Å². The molecule has 2 rings (SSSR count). The first-order chi connectivity index (χ1) is 9.91. The predicted molar refractivity (Wildman–Crippen MR) is 79.6 cm³/mol. The Labute approximate surface area is 127 Å². The number of nitrogens with zero attached hydrogens (tertiary/aromatic N) is 3. The Bertz CT molecular complexity index is 696. The van der Waals surface area contributed by atoms with Crippen molar-refractivity contribution in [3.63, 3.8) is 0 Å². The van der Waals surface area contributed by atoms with Gasteiger partial charge in [-0.2, -0.15) is 0 Å². The molecular formula is C14H15ClN4O2. The third-order valence-corrected chi connectivity index (χ3v) is 3.47. The van der Waals surface area contributed by atoms with Crippen LogP contribution in [0.2, 0.25) is 5.02 Å². The van der Waals surface area contributed by atoms with Crippen molar-refractivity contribution < 1.29 is 9.59 Å². The predicted octanol–water partition coefficient (Wildman–Crippen LogP) is 2.64. The summed E-state index contributed by atoms with van der Waals surface area (Å²) in [5, 5.41) is 10.9. The molecule has 0 radical (unpaired) electrons. The highest BCUT2D eigenvalue weighted by molar-refractivity contribution is 6.33. The highest BCUT2D eigenvalue weighted by atomic mass is 35.5. The van der Waals surface area contributed by atoms with E-state index in [1.807, 2.05) is 0 Å². The van der Waals surface area contributed by atoms with Crippen LogP contribution < -0.4 is 5.32 Å². The van der Waals surface area contributed by atoms with Gasteiger partial charge in [-0.3, -0.25) is 9.59 Å². The van der Waals surface area contributed by atoms with Crippen molar-refractivity contribution in [1.29, 1.82) is 0 Å². The summed E-state index contributed by atoms with van der Waals surface area (Å²) in [6.45, 7) is 4.80. The van der Waals surface area contributed by atoms with E-state index in [0.717, 1.165) is 0 Å². The van der Waals surface area contributed by atoms with Crippen LogP contribution in [0, 0.1) is 6.92 Å². The molecule has 0 saturated carbocycles. The molecule has 1 N–H and O–H groups in total. The second-order valence-electron chi connectivity index (χ2n) is 4.67. The molecule has 0 bridgehead atoms. The molecule has 7 heteroatoms. The minimum atomic E-state index is -0.609. The maximum Gasteiger partial charge on any atom is 0.249 e. The van der Waals surface area contributed by atoms with Gasteiger partial charge in [0.1, 0.15) is 6.04 Å². The Morgan fingerprint density at radius 2 is 2.00 bits per heavy atom. The van der Waals surface area contributed by atoms with Crippen molar-refractivity contribution in [2.24, 2.45) is 0 Å². The Hall–Kier alpha value is -2.21. The first-order valence-electron chi connectivity index (χ1n) is 6.40. The van der Waals surface area contributed by atoms with Crippen molar-refractivity contribution >= 4 is 29.0 Å². The van der Waals surface area contributed by atoms with E-state index < -0.39 is 6.04 Å². The molecule has 0 aliphatic heterocycles. The molecule has 1 unspecified atom stereocenters. The molecule has 2 aromatic rings. The number of carbonyl (C=O) groups excluding carboxylic acids is 2. The van der Waals surface area contributed by atoms with Crippen LogP contribution in [-0.4, -0.2) is 26.7 Å². The van der Waals surface area contributed by atoms with Gasteiger partial charge in [0.25, 0.3) is 0 Å². The van der Waals surface area contributed by atoms with Crippen molar-refractivity contribution in [2.75, 3.05) is 5.32 Å². The van der Waals surface area contributed by atoms with Crippen LogP contribution in [0.15, 0.2) is 24.3 Å². The summed E-state index contributed by atoms with van der Waals surface area (Å²) < 4.78 is 1.42. The minimum Gasteiger partial charge on any atom is -0.323 e. The molecule has 21 heavy (non-hydrogen) atoms. The zero-order valence-electron chi connectivity index (χ0n) is 11.9. The summed E-state index contributed by atoms with van der Waals surface area (Å²) in [5.74, 6) is -0.469. The first-order valence-corrected chi connectivity index (χ1v) is 6.77. The van der Waals surface area contributed by atoms with Crippen molar-refractivity contribution in [1.82, 2.24) is 15.0 Å². The summed E-state index contributed by atoms with van der Waals surface area (Å²) in [4.78, 5) is 23.6. The molecule has 0 aliphatic rings. The quantitative estimate of drug-likeness (QED) is 0.881. The second-order valence-corrected chi connectivity index (χ2v) is 5.08. The Morgan fingerprint density at radius 3 is 2.57 bits per heavy atom. The van der Waals surface area contributed by atoms with Crippen LogP contribution in [0.5, 0.6) is 0 Å². The number of hydrogen-bond donors (Lipinski definition) is 1. The van der Waals surface area contributed by atoms with Crippen LogP contribution in [0.1, 0.15) is 36.1 Å². The SMILES string of the molecule is CC(=O)c1nnn(C(C)C(=O)Nc2ccccc2Cl)c1C. The average molecular weight is 307 g/mol. The lowest BCUT2D eigenvalue weighted by molar-refractivity contribution is -0.119. The normalized spacial score (nSPS) is 12.0. The monoisotopic (exact) mass is 306 g/mol. The Balaban J connectivity index is 2.20. The lowest BCUT2D eigenvalue weighted by Gasteiger charge is -2.14. The van der Waals surface area contributed by atoms with Crippen LogP contribution >= 0.6 is 11.6 Å². The average Bonchev–Trinajstić information content (AvgIpc) is 2.82. The van der Waals surface area contributed by atoms with E-state index in [9.17, 15) is 9.59 Å². The van der Waals surface area contributed by atoms with Crippen molar-refractivity contribution in [3.8, 4) is 0 Å². The number of halogens is 1. The zero-order valence-corrected chi connectivity index (χ0v) is 12.7. The number of ketones is 1. The summed E-state index contributed by atoms with van der Waals surface area (Å²) in [7, 11) is 0. The Kier molecular flexibility index (Phi) is 4.37. The van der Waals surface area contributed by atoms with E-state index in [4.69, 9.17) is 11.6 Å². The van der Waals surface area contributed by atoms with Gasteiger partial charge >= 0.3 is 0 Å². The summed E-state index contributed by atoms with van der Waals surface area (Å²) in [5.41, 5.74) is 1.36. The lowest BCUT2D eigenvalue weighted by Crippen LogP contribution is -2.25. The van der Waals surface area contributed by atoms with E-state index in [-0.39, 0.29) is 17.4 Å². The third-order valence-electron chi connectivity index (χ3n) is 3.14. The van der Waals surface area contributed by atoms with Crippen molar-refractivity contribution in [3.05, 3.63) is 40.7 Å². The topological polar surface area (TPSA) is 76.9 Å². The Morgan fingerprint density at radius 1 is 1.33 bits per heavy atom. The number of nitrogens with one attached hydrogen (secondary N) is 1. The number of hydrogen-bond acceptors (Lipinski definition) is 4. The molecule has 110 valence electrons. The van der Waals surface area contributed by atoms with Crippen LogP contribution in [0.3, 0.4) is 0 Å². The molecule has 0 spiro atoms. The zero-order chi connectivity index (χ0) is 15.6. The molecule has 0 aliphatic carbocycles. The number of Topliss-reactive ketones (excluding diaryl/α,β-unsaturated/α-hetero) is 1. The minimum absolute atomic E-state index is 0.183. The standard InChI is InChI=1S/C14H15ClN4O2/c1-8-13(10(3)20)17-18-19(8)9(2)14(21)16-12-7-5-4-6-11(12)15/h4-7,9H,1-3H3,(H,16,21). The van der Waals surface area contributed by atoms with Gasteiger partial charge in [-0.15, -0.1) is 5.10 Å². The first kappa shape index (κ1) is 15.2. The summed E-state index contributed by atoms with van der Waals surface area (Å²) in [6.07, 6.45) is 0. The fourth-order valence-corrected chi connectivity index (χ4v) is 2.13. The van der Waals surface area contributed by atoms with E-state index >= 15 is 0 Å². The number of anilines is 1. The van der Waals surface area contributed by atoms with Gasteiger partial charge in [0.05, 0.1) is 16.4 Å². The van der Waals surface area contributed by atoms with Gasteiger partial charge in [-0.25, -0.2) is 4.68 Å². The number of aromatic nitrogens is 3.